The van der Waals surface area contributed by atoms with Crippen LogP contribution in [0.2, 0.25) is 0 Å². The maximum absolute atomic E-state index is 5.63. The molecular weight excluding hydrogens is 242 g/mol. The second-order valence-corrected chi connectivity index (χ2v) is 5.82. The third-order valence-electron chi connectivity index (χ3n) is 4.25. The van der Waals surface area contributed by atoms with Crippen LogP contribution in [-0.2, 0) is 4.74 Å². The van der Waals surface area contributed by atoms with Gasteiger partial charge in [-0.2, -0.15) is 0 Å². The third-order valence-corrected chi connectivity index (χ3v) is 5.44. The molecule has 80 valence electrons. The molecule has 2 nitrogen and oxygen atoms in total. The molecule has 3 heteroatoms. The van der Waals surface area contributed by atoms with Gasteiger partial charge in [0.05, 0.1) is 12.7 Å². The lowest BCUT2D eigenvalue weighted by molar-refractivity contribution is -0.000607. The lowest BCUT2D eigenvalue weighted by Crippen LogP contribution is -2.48. The number of morpholine rings is 1. The number of likely N-dealkylation sites (tertiary alicyclic amines) is 1. The second-order valence-electron chi connectivity index (χ2n) is 5.26. The Morgan fingerprint density at radius 3 is 2.71 bits per heavy atom. The summed E-state index contributed by atoms with van der Waals surface area (Å²) in [6, 6.07) is 0.747. The van der Waals surface area contributed by atoms with Crippen LogP contribution < -0.4 is 0 Å². The highest BCUT2D eigenvalue weighted by atomic mass is 79.9. The normalized spacial score (nSPS) is 40.1. The molecule has 2 unspecified atom stereocenters. The van der Waals surface area contributed by atoms with E-state index in [4.69, 9.17) is 4.74 Å². The molecule has 2 heterocycles. The van der Waals surface area contributed by atoms with Gasteiger partial charge in [-0.05, 0) is 24.7 Å². The summed E-state index contributed by atoms with van der Waals surface area (Å²) in [5.74, 6) is 0. The molecule has 0 spiro atoms. The third kappa shape index (κ3) is 1.44. The molecule has 14 heavy (non-hydrogen) atoms. The predicted octanol–water partition coefficient (Wildman–Crippen LogP) is 2.02. The summed E-state index contributed by atoms with van der Waals surface area (Å²) in [5.41, 5.74) is 0.616. The SMILES string of the molecule is BrCC1(CN2CC3CC2CO3)CCC1. The molecule has 2 saturated heterocycles. The van der Waals surface area contributed by atoms with Gasteiger partial charge in [-0.15, -0.1) is 0 Å². The predicted molar refractivity (Wildman–Crippen MR) is 59.8 cm³/mol. The molecule has 3 rings (SSSR count). The fourth-order valence-corrected chi connectivity index (χ4v) is 3.85. The maximum atomic E-state index is 5.63. The van der Waals surface area contributed by atoms with E-state index in [9.17, 15) is 0 Å². The van der Waals surface area contributed by atoms with Crippen LogP contribution in [0, 0.1) is 5.41 Å². The number of nitrogens with zero attached hydrogens (tertiary/aromatic N) is 1. The summed E-state index contributed by atoms with van der Waals surface area (Å²) in [7, 11) is 0. The maximum Gasteiger partial charge on any atom is 0.0718 e. The summed E-state index contributed by atoms with van der Waals surface area (Å²) < 4.78 is 5.63. The van der Waals surface area contributed by atoms with E-state index in [1.165, 1.54) is 44.1 Å². The summed E-state index contributed by atoms with van der Waals surface area (Å²) in [6.45, 7) is 3.49. The molecule has 1 saturated carbocycles. The van der Waals surface area contributed by atoms with Gasteiger partial charge in [0.15, 0.2) is 0 Å². The topological polar surface area (TPSA) is 12.5 Å². The molecule has 0 aromatic heterocycles. The first-order valence-electron chi connectivity index (χ1n) is 5.73. The number of hydrogen-bond acceptors (Lipinski definition) is 2. The average molecular weight is 260 g/mol. The van der Waals surface area contributed by atoms with Gasteiger partial charge >= 0.3 is 0 Å². The first-order chi connectivity index (χ1) is 6.81. The van der Waals surface area contributed by atoms with Gasteiger partial charge in [0, 0.05) is 24.5 Å². The standard InChI is InChI=1S/C11H18BrNO/c12-7-11(2-1-3-11)8-13-5-10-4-9(13)6-14-10/h9-10H,1-8H2. The van der Waals surface area contributed by atoms with Gasteiger partial charge in [-0.1, -0.05) is 22.4 Å². The number of halogens is 1. The number of fused-ring (bicyclic) bond motifs is 2. The smallest absolute Gasteiger partial charge is 0.0718 e. The van der Waals surface area contributed by atoms with Crippen LogP contribution in [0.4, 0.5) is 0 Å². The molecule has 0 N–H and O–H groups in total. The first kappa shape index (κ1) is 9.61. The van der Waals surface area contributed by atoms with Gasteiger partial charge in [0.25, 0.3) is 0 Å². The minimum Gasteiger partial charge on any atom is -0.375 e. The van der Waals surface area contributed by atoms with Crippen LogP contribution in [0.3, 0.4) is 0 Å². The molecule has 0 aromatic rings. The fraction of sp³-hybridized carbons (Fsp3) is 1.00. The van der Waals surface area contributed by atoms with Crippen molar-refractivity contribution in [1.82, 2.24) is 4.90 Å². The Morgan fingerprint density at radius 2 is 2.29 bits per heavy atom. The molecular formula is C11H18BrNO. The molecule has 3 fully saturated rings. The number of hydrogen-bond donors (Lipinski definition) is 0. The Hall–Kier alpha value is 0.400. The van der Waals surface area contributed by atoms with Crippen molar-refractivity contribution in [3.05, 3.63) is 0 Å². The van der Waals surface area contributed by atoms with E-state index in [1.54, 1.807) is 0 Å². The molecule has 0 amide bonds. The second kappa shape index (κ2) is 3.46. The van der Waals surface area contributed by atoms with Crippen molar-refractivity contribution < 1.29 is 4.74 Å². The van der Waals surface area contributed by atoms with Gasteiger partial charge < -0.3 is 4.74 Å². The van der Waals surface area contributed by atoms with Crippen LogP contribution in [0.25, 0.3) is 0 Å². The molecule has 2 aliphatic heterocycles. The van der Waals surface area contributed by atoms with Crippen LogP contribution in [0.5, 0.6) is 0 Å². The Balaban J connectivity index is 1.62. The summed E-state index contributed by atoms with van der Waals surface area (Å²) in [4.78, 5) is 2.68. The van der Waals surface area contributed by atoms with Crippen LogP contribution >= 0.6 is 15.9 Å². The van der Waals surface area contributed by atoms with E-state index in [0.717, 1.165) is 12.6 Å². The Kier molecular flexibility index (Phi) is 2.38. The van der Waals surface area contributed by atoms with E-state index in [2.05, 4.69) is 20.8 Å². The fourth-order valence-electron chi connectivity index (χ4n) is 3.11. The zero-order valence-corrected chi connectivity index (χ0v) is 10.1. The van der Waals surface area contributed by atoms with E-state index in [0.29, 0.717) is 11.5 Å². The highest BCUT2D eigenvalue weighted by molar-refractivity contribution is 9.09. The lowest BCUT2D eigenvalue weighted by atomic mass is 9.70. The summed E-state index contributed by atoms with van der Waals surface area (Å²) in [5, 5.41) is 1.19. The van der Waals surface area contributed by atoms with Crippen molar-refractivity contribution in [2.24, 2.45) is 5.41 Å². The molecule has 0 radical (unpaired) electrons. The van der Waals surface area contributed by atoms with Gasteiger partial charge in [-0.3, -0.25) is 4.90 Å². The quantitative estimate of drug-likeness (QED) is 0.720. The van der Waals surface area contributed by atoms with Gasteiger partial charge in [0.2, 0.25) is 0 Å². The van der Waals surface area contributed by atoms with Gasteiger partial charge in [0.1, 0.15) is 0 Å². The molecule has 2 atom stereocenters. The van der Waals surface area contributed by atoms with Crippen molar-refractivity contribution in [2.75, 3.05) is 25.0 Å². The first-order valence-corrected chi connectivity index (χ1v) is 6.85. The number of rotatable bonds is 3. The van der Waals surface area contributed by atoms with Crippen molar-refractivity contribution >= 4 is 15.9 Å². The number of alkyl halides is 1. The van der Waals surface area contributed by atoms with Crippen LogP contribution in [0.1, 0.15) is 25.7 Å². The Labute approximate surface area is 94.1 Å². The highest BCUT2D eigenvalue weighted by Crippen LogP contribution is 2.44. The zero-order valence-electron chi connectivity index (χ0n) is 8.54. The van der Waals surface area contributed by atoms with E-state index >= 15 is 0 Å². The lowest BCUT2D eigenvalue weighted by Gasteiger charge is -2.45. The average Bonchev–Trinajstić information content (AvgIpc) is 2.72. The largest absolute Gasteiger partial charge is 0.375 e. The summed E-state index contributed by atoms with van der Waals surface area (Å²) in [6.07, 6.45) is 6.13. The van der Waals surface area contributed by atoms with Crippen LogP contribution in [0.15, 0.2) is 0 Å². The molecule has 3 aliphatic rings. The van der Waals surface area contributed by atoms with E-state index < -0.39 is 0 Å². The molecule has 0 aromatic carbocycles. The van der Waals surface area contributed by atoms with Crippen molar-refractivity contribution in [1.29, 1.82) is 0 Å². The van der Waals surface area contributed by atoms with Crippen LogP contribution in [-0.4, -0.2) is 42.1 Å². The Bertz CT molecular complexity index is 224. The highest BCUT2D eigenvalue weighted by Gasteiger charge is 2.44. The minimum atomic E-state index is 0.562. The minimum absolute atomic E-state index is 0.562. The molecule has 1 aliphatic carbocycles. The molecule has 2 bridgehead atoms. The van der Waals surface area contributed by atoms with Crippen molar-refractivity contribution in [3.8, 4) is 0 Å². The Morgan fingerprint density at radius 1 is 1.43 bits per heavy atom. The van der Waals surface area contributed by atoms with Crippen molar-refractivity contribution in [3.63, 3.8) is 0 Å². The van der Waals surface area contributed by atoms with E-state index in [1.807, 2.05) is 0 Å². The zero-order chi connectivity index (χ0) is 9.60. The monoisotopic (exact) mass is 259 g/mol. The number of ether oxygens (including phenoxy) is 1. The van der Waals surface area contributed by atoms with E-state index in [-0.39, 0.29) is 0 Å². The van der Waals surface area contributed by atoms with Gasteiger partial charge in [-0.25, -0.2) is 0 Å². The van der Waals surface area contributed by atoms with Crippen molar-refractivity contribution in [2.45, 2.75) is 37.8 Å². The summed E-state index contributed by atoms with van der Waals surface area (Å²) >= 11 is 3.69.